The van der Waals surface area contributed by atoms with Crippen LogP contribution in [0.5, 0.6) is 0 Å². The molecule has 1 unspecified atom stereocenters. The second-order valence-electron chi connectivity index (χ2n) is 3.84. The van der Waals surface area contributed by atoms with Crippen LogP contribution in [-0.2, 0) is 4.74 Å². The largest absolute Gasteiger partial charge is 0.399 e. The van der Waals surface area contributed by atoms with E-state index in [4.69, 9.17) is 10.5 Å². The molecule has 1 aliphatic heterocycles. The third-order valence-corrected chi connectivity index (χ3v) is 3.89. The molecule has 4 heteroatoms. The van der Waals surface area contributed by atoms with E-state index in [1.807, 2.05) is 18.2 Å². The molecule has 2 N–H and O–H groups in total. The predicted molar refractivity (Wildman–Crippen MR) is 62.2 cm³/mol. The first-order chi connectivity index (χ1) is 7.33. The predicted octanol–water partition coefficient (Wildman–Crippen LogP) is 2.38. The first-order valence-corrected chi connectivity index (χ1v) is 5.88. The van der Waals surface area contributed by atoms with Crippen molar-refractivity contribution in [2.45, 2.75) is 12.3 Å². The van der Waals surface area contributed by atoms with E-state index in [-0.39, 0.29) is 0 Å². The highest BCUT2D eigenvalue weighted by molar-refractivity contribution is 7.18. The standard InChI is InChI=1S/C11H12N2OS/c12-8-1-2-9-10(5-8)15-11(13-9)7-3-4-14-6-7/h1-2,5,7H,3-4,6,12H2. The van der Waals surface area contributed by atoms with Crippen molar-refractivity contribution in [3.8, 4) is 0 Å². The SMILES string of the molecule is Nc1ccc2nc(C3CCOC3)sc2c1. The number of ether oxygens (including phenoxy) is 1. The van der Waals surface area contributed by atoms with Crippen LogP contribution < -0.4 is 5.73 Å². The number of rotatable bonds is 1. The van der Waals surface area contributed by atoms with Crippen LogP contribution in [0.15, 0.2) is 18.2 Å². The topological polar surface area (TPSA) is 48.1 Å². The molecule has 3 rings (SSSR count). The molecular formula is C11H12N2OS. The average molecular weight is 220 g/mol. The minimum Gasteiger partial charge on any atom is -0.399 e. The molecule has 1 atom stereocenters. The van der Waals surface area contributed by atoms with Crippen molar-refractivity contribution in [3.63, 3.8) is 0 Å². The summed E-state index contributed by atoms with van der Waals surface area (Å²) in [5.41, 5.74) is 7.60. The van der Waals surface area contributed by atoms with Crippen molar-refractivity contribution in [2.75, 3.05) is 18.9 Å². The maximum atomic E-state index is 5.74. The van der Waals surface area contributed by atoms with Crippen LogP contribution in [0.25, 0.3) is 10.2 Å². The Morgan fingerprint density at radius 3 is 3.20 bits per heavy atom. The van der Waals surface area contributed by atoms with E-state index >= 15 is 0 Å². The van der Waals surface area contributed by atoms with Gasteiger partial charge in [0.1, 0.15) is 0 Å². The van der Waals surface area contributed by atoms with Gasteiger partial charge in [-0.3, -0.25) is 0 Å². The number of nitrogens with zero attached hydrogens (tertiary/aromatic N) is 1. The van der Waals surface area contributed by atoms with Gasteiger partial charge in [0.15, 0.2) is 0 Å². The van der Waals surface area contributed by atoms with Crippen LogP contribution in [0, 0.1) is 0 Å². The zero-order valence-electron chi connectivity index (χ0n) is 8.27. The Morgan fingerprint density at radius 1 is 1.47 bits per heavy atom. The second kappa shape index (κ2) is 3.47. The number of fused-ring (bicyclic) bond motifs is 1. The van der Waals surface area contributed by atoms with E-state index in [0.717, 1.165) is 30.8 Å². The summed E-state index contributed by atoms with van der Waals surface area (Å²) in [4.78, 5) is 4.62. The summed E-state index contributed by atoms with van der Waals surface area (Å²) in [7, 11) is 0. The van der Waals surface area contributed by atoms with Crippen molar-refractivity contribution in [1.29, 1.82) is 0 Å². The molecule has 1 fully saturated rings. The molecule has 1 aromatic heterocycles. The quantitative estimate of drug-likeness (QED) is 0.751. The van der Waals surface area contributed by atoms with Gasteiger partial charge >= 0.3 is 0 Å². The van der Waals surface area contributed by atoms with Crippen molar-refractivity contribution in [2.24, 2.45) is 0 Å². The molecule has 15 heavy (non-hydrogen) atoms. The zero-order valence-corrected chi connectivity index (χ0v) is 9.09. The summed E-state index contributed by atoms with van der Waals surface area (Å²) in [5.74, 6) is 0.489. The van der Waals surface area contributed by atoms with Crippen molar-refractivity contribution >= 4 is 27.2 Å². The minimum atomic E-state index is 0.489. The minimum absolute atomic E-state index is 0.489. The summed E-state index contributed by atoms with van der Waals surface area (Å²) in [6.45, 7) is 1.68. The summed E-state index contributed by atoms with van der Waals surface area (Å²) in [5, 5.41) is 1.19. The summed E-state index contributed by atoms with van der Waals surface area (Å²) in [6, 6.07) is 5.88. The Balaban J connectivity index is 2.05. The van der Waals surface area contributed by atoms with Gasteiger partial charge in [0, 0.05) is 18.2 Å². The third kappa shape index (κ3) is 1.60. The maximum absolute atomic E-state index is 5.74. The van der Waals surface area contributed by atoms with Gasteiger partial charge in [-0.25, -0.2) is 4.98 Å². The first kappa shape index (κ1) is 9.12. The van der Waals surface area contributed by atoms with Gasteiger partial charge in [-0.05, 0) is 24.6 Å². The van der Waals surface area contributed by atoms with Gasteiger partial charge < -0.3 is 10.5 Å². The highest BCUT2D eigenvalue weighted by atomic mass is 32.1. The molecule has 1 aromatic carbocycles. The van der Waals surface area contributed by atoms with Gasteiger partial charge in [0.2, 0.25) is 0 Å². The van der Waals surface area contributed by atoms with E-state index in [9.17, 15) is 0 Å². The fourth-order valence-corrected chi connectivity index (χ4v) is 3.00. The van der Waals surface area contributed by atoms with E-state index in [1.54, 1.807) is 11.3 Å². The van der Waals surface area contributed by atoms with Gasteiger partial charge in [0.05, 0.1) is 21.8 Å². The van der Waals surface area contributed by atoms with E-state index in [1.165, 1.54) is 9.71 Å². The molecule has 2 aromatic rings. The Kier molecular flexibility index (Phi) is 2.11. The molecule has 0 amide bonds. The van der Waals surface area contributed by atoms with Crippen molar-refractivity contribution in [3.05, 3.63) is 23.2 Å². The van der Waals surface area contributed by atoms with Gasteiger partial charge in [-0.15, -0.1) is 11.3 Å². The smallest absolute Gasteiger partial charge is 0.0993 e. The number of hydrogen-bond acceptors (Lipinski definition) is 4. The normalized spacial score (nSPS) is 21.2. The Labute approximate surface area is 91.9 Å². The van der Waals surface area contributed by atoms with Crippen LogP contribution in [0.2, 0.25) is 0 Å². The number of nitrogen functional groups attached to an aromatic ring is 1. The Hall–Kier alpha value is -1.13. The van der Waals surface area contributed by atoms with Crippen LogP contribution >= 0.6 is 11.3 Å². The summed E-state index contributed by atoms with van der Waals surface area (Å²) < 4.78 is 6.55. The van der Waals surface area contributed by atoms with Gasteiger partial charge in [-0.2, -0.15) is 0 Å². The van der Waals surface area contributed by atoms with Crippen LogP contribution in [0.3, 0.4) is 0 Å². The number of benzene rings is 1. The van der Waals surface area contributed by atoms with Gasteiger partial charge in [0.25, 0.3) is 0 Å². The number of nitrogens with two attached hydrogens (primary N) is 1. The number of hydrogen-bond donors (Lipinski definition) is 1. The fraction of sp³-hybridized carbons (Fsp3) is 0.364. The lowest BCUT2D eigenvalue weighted by Gasteiger charge is -1.99. The molecule has 78 valence electrons. The maximum Gasteiger partial charge on any atom is 0.0993 e. The molecule has 1 aliphatic rings. The van der Waals surface area contributed by atoms with E-state index < -0.39 is 0 Å². The van der Waals surface area contributed by atoms with Crippen molar-refractivity contribution < 1.29 is 4.74 Å². The van der Waals surface area contributed by atoms with Crippen molar-refractivity contribution in [1.82, 2.24) is 4.98 Å². The highest BCUT2D eigenvalue weighted by Crippen LogP contribution is 2.32. The number of anilines is 1. The Bertz CT molecular complexity index is 488. The summed E-state index contributed by atoms with van der Waals surface area (Å²) in [6.07, 6.45) is 1.09. The molecule has 2 heterocycles. The average Bonchev–Trinajstić information content (AvgIpc) is 2.84. The highest BCUT2D eigenvalue weighted by Gasteiger charge is 2.21. The molecule has 0 radical (unpaired) electrons. The molecule has 0 spiro atoms. The van der Waals surface area contributed by atoms with Crippen LogP contribution in [0.4, 0.5) is 5.69 Å². The fourth-order valence-electron chi connectivity index (χ4n) is 1.86. The van der Waals surface area contributed by atoms with Gasteiger partial charge in [-0.1, -0.05) is 0 Å². The molecule has 0 saturated carbocycles. The van der Waals surface area contributed by atoms with Crippen LogP contribution in [-0.4, -0.2) is 18.2 Å². The molecule has 3 nitrogen and oxygen atoms in total. The molecular weight excluding hydrogens is 208 g/mol. The molecule has 1 saturated heterocycles. The monoisotopic (exact) mass is 220 g/mol. The van der Waals surface area contributed by atoms with Crippen LogP contribution in [0.1, 0.15) is 17.3 Å². The first-order valence-electron chi connectivity index (χ1n) is 5.06. The number of aromatic nitrogens is 1. The van der Waals surface area contributed by atoms with E-state index in [0.29, 0.717) is 5.92 Å². The zero-order chi connectivity index (χ0) is 10.3. The second-order valence-corrected chi connectivity index (χ2v) is 4.90. The lowest BCUT2D eigenvalue weighted by Crippen LogP contribution is -1.95. The lowest BCUT2D eigenvalue weighted by molar-refractivity contribution is 0.194. The molecule has 0 bridgehead atoms. The Morgan fingerprint density at radius 2 is 2.40 bits per heavy atom. The van der Waals surface area contributed by atoms with E-state index in [2.05, 4.69) is 4.98 Å². The third-order valence-electron chi connectivity index (χ3n) is 2.71. The summed E-state index contributed by atoms with van der Waals surface area (Å²) >= 11 is 1.74. The lowest BCUT2D eigenvalue weighted by atomic mass is 10.1. The molecule has 0 aliphatic carbocycles. The number of thiazole rings is 1.